The van der Waals surface area contributed by atoms with Crippen molar-refractivity contribution in [3.05, 3.63) is 0 Å². The fourth-order valence-electron chi connectivity index (χ4n) is 1.55. The zero-order valence-corrected chi connectivity index (χ0v) is 10.7. The van der Waals surface area contributed by atoms with Crippen molar-refractivity contribution < 1.29 is 9.90 Å². The Balaban J connectivity index is 2.55. The minimum absolute atomic E-state index is 0.0362. The van der Waals surface area contributed by atoms with E-state index in [0.29, 0.717) is 17.3 Å². The molecule has 1 rings (SSSR count). The third-order valence-electron chi connectivity index (χ3n) is 2.58. The second-order valence-electron chi connectivity index (χ2n) is 3.75. The Hall–Kier alpha value is -0.130. The second kappa shape index (κ2) is 5.82. The molecule has 1 fully saturated rings. The van der Waals surface area contributed by atoms with E-state index in [1.165, 1.54) is 11.8 Å². The van der Waals surface area contributed by atoms with Crippen LogP contribution in [-0.2, 0) is 4.79 Å². The van der Waals surface area contributed by atoms with Crippen molar-refractivity contribution in [2.45, 2.75) is 32.8 Å². The summed E-state index contributed by atoms with van der Waals surface area (Å²) in [7, 11) is 0. The number of rotatable bonds is 4. The minimum atomic E-state index is -0.545. The number of hydrogen-bond donors (Lipinski definition) is 1. The van der Waals surface area contributed by atoms with Crippen LogP contribution in [0.25, 0.3) is 0 Å². The van der Waals surface area contributed by atoms with Crippen molar-refractivity contribution in [2.75, 3.05) is 12.3 Å². The number of hydrogen-bond acceptors (Lipinski definition) is 4. The lowest BCUT2D eigenvalue weighted by molar-refractivity contribution is -0.134. The summed E-state index contributed by atoms with van der Waals surface area (Å²) in [6.07, 6.45) is 1.01. The van der Waals surface area contributed by atoms with E-state index in [9.17, 15) is 9.90 Å². The van der Waals surface area contributed by atoms with Crippen LogP contribution >= 0.6 is 24.0 Å². The molecule has 1 heterocycles. The highest BCUT2D eigenvalue weighted by Gasteiger charge is 2.30. The van der Waals surface area contributed by atoms with E-state index < -0.39 is 6.10 Å². The van der Waals surface area contributed by atoms with Gasteiger partial charge < -0.3 is 5.11 Å². The van der Waals surface area contributed by atoms with E-state index in [1.807, 2.05) is 6.92 Å². The quantitative estimate of drug-likeness (QED) is 0.767. The highest BCUT2D eigenvalue weighted by atomic mass is 32.2. The first-order chi connectivity index (χ1) is 7.07. The first-order valence-electron chi connectivity index (χ1n) is 5.24. The molecule has 0 aromatic carbocycles. The summed E-state index contributed by atoms with van der Waals surface area (Å²) < 4.78 is 0.649. The van der Waals surface area contributed by atoms with Gasteiger partial charge in [-0.3, -0.25) is 9.69 Å². The van der Waals surface area contributed by atoms with Crippen LogP contribution in [0.2, 0.25) is 0 Å². The predicted molar refractivity (Wildman–Crippen MR) is 66.8 cm³/mol. The topological polar surface area (TPSA) is 40.5 Å². The molecular formula is C10H17NO2S2. The first kappa shape index (κ1) is 12.9. The van der Waals surface area contributed by atoms with E-state index >= 15 is 0 Å². The Labute approximate surface area is 100 Å². The predicted octanol–water partition coefficient (Wildman–Crippen LogP) is 1.64. The molecule has 0 aromatic rings. The molecule has 3 nitrogen and oxygen atoms in total. The number of aliphatic hydroxyl groups excluding tert-OH is 1. The molecule has 1 aliphatic rings. The van der Waals surface area contributed by atoms with Crippen molar-refractivity contribution in [1.29, 1.82) is 0 Å². The molecule has 1 saturated heterocycles. The van der Waals surface area contributed by atoms with Gasteiger partial charge in [0.05, 0.1) is 12.0 Å². The van der Waals surface area contributed by atoms with Crippen LogP contribution in [0.15, 0.2) is 0 Å². The fourth-order valence-corrected chi connectivity index (χ4v) is 2.77. The SMILES string of the molecule is CCC[C@H](O)[C@@H](C)C(=O)N1CCSC1=S. The van der Waals surface area contributed by atoms with Crippen LogP contribution < -0.4 is 0 Å². The Morgan fingerprint density at radius 2 is 2.40 bits per heavy atom. The molecular weight excluding hydrogens is 230 g/mol. The molecule has 86 valence electrons. The molecule has 0 aromatic heterocycles. The van der Waals surface area contributed by atoms with Crippen molar-refractivity contribution >= 4 is 34.2 Å². The molecule has 1 aliphatic heterocycles. The number of carbonyl (C=O) groups is 1. The number of thioether (sulfide) groups is 1. The fraction of sp³-hybridized carbons (Fsp3) is 0.800. The second-order valence-corrected chi connectivity index (χ2v) is 5.48. The molecule has 1 N–H and O–H groups in total. The van der Waals surface area contributed by atoms with Gasteiger partial charge in [0.1, 0.15) is 4.32 Å². The average Bonchev–Trinajstić information content (AvgIpc) is 2.62. The van der Waals surface area contributed by atoms with Crippen LogP contribution in [0.5, 0.6) is 0 Å². The van der Waals surface area contributed by atoms with Gasteiger partial charge in [0, 0.05) is 12.3 Å². The molecule has 0 saturated carbocycles. The van der Waals surface area contributed by atoms with Crippen LogP contribution in [0.4, 0.5) is 0 Å². The monoisotopic (exact) mass is 247 g/mol. The standard InChI is InChI=1S/C10H17NO2S2/c1-3-4-8(12)7(2)9(13)11-5-6-15-10(11)14/h7-8,12H,3-6H2,1-2H3/t7-,8+/m1/s1. The zero-order valence-electron chi connectivity index (χ0n) is 9.10. The van der Waals surface area contributed by atoms with Gasteiger partial charge in [-0.15, -0.1) is 0 Å². The molecule has 5 heteroatoms. The Bertz CT molecular complexity index is 258. The molecule has 0 aliphatic carbocycles. The van der Waals surface area contributed by atoms with E-state index in [4.69, 9.17) is 12.2 Å². The van der Waals surface area contributed by atoms with E-state index in [-0.39, 0.29) is 11.8 Å². The number of aliphatic hydroxyl groups is 1. The lowest BCUT2D eigenvalue weighted by atomic mass is 9.99. The van der Waals surface area contributed by atoms with Gasteiger partial charge in [0.25, 0.3) is 0 Å². The summed E-state index contributed by atoms with van der Waals surface area (Å²) >= 11 is 6.60. The van der Waals surface area contributed by atoms with Crippen molar-refractivity contribution in [1.82, 2.24) is 4.90 Å². The average molecular weight is 247 g/mol. The molecule has 15 heavy (non-hydrogen) atoms. The Kier molecular flexibility index (Phi) is 5.02. The number of nitrogens with zero attached hydrogens (tertiary/aromatic N) is 1. The molecule has 0 spiro atoms. The maximum absolute atomic E-state index is 11.9. The molecule has 2 atom stereocenters. The number of thiocarbonyl (C=S) groups is 1. The van der Waals surface area contributed by atoms with Gasteiger partial charge in [-0.05, 0) is 6.42 Å². The third-order valence-corrected chi connectivity index (χ3v) is 4.01. The largest absolute Gasteiger partial charge is 0.392 e. The van der Waals surface area contributed by atoms with Crippen LogP contribution in [0.1, 0.15) is 26.7 Å². The van der Waals surface area contributed by atoms with Crippen LogP contribution in [-0.4, -0.2) is 38.6 Å². The van der Waals surface area contributed by atoms with E-state index in [2.05, 4.69) is 0 Å². The van der Waals surface area contributed by atoms with Gasteiger partial charge >= 0.3 is 0 Å². The maximum atomic E-state index is 11.9. The normalized spacial score (nSPS) is 20.5. The van der Waals surface area contributed by atoms with E-state index in [1.54, 1.807) is 11.8 Å². The third kappa shape index (κ3) is 3.16. The maximum Gasteiger partial charge on any atom is 0.233 e. The molecule has 0 unspecified atom stereocenters. The molecule has 1 amide bonds. The van der Waals surface area contributed by atoms with Gasteiger partial charge in [0.15, 0.2) is 0 Å². The van der Waals surface area contributed by atoms with Gasteiger partial charge in [0.2, 0.25) is 5.91 Å². The van der Waals surface area contributed by atoms with Crippen molar-refractivity contribution in [3.8, 4) is 0 Å². The van der Waals surface area contributed by atoms with Crippen molar-refractivity contribution in [2.24, 2.45) is 5.92 Å². The smallest absolute Gasteiger partial charge is 0.233 e. The summed E-state index contributed by atoms with van der Waals surface area (Å²) in [5, 5.41) is 9.74. The summed E-state index contributed by atoms with van der Waals surface area (Å²) in [5.41, 5.74) is 0. The highest BCUT2D eigenvalue weighted by molar-refractivity contribution is 8.23. The molecule has 0 radical (unpaired) electrons. The van der Waals surface area contributed by atoms with Gasteiger partial charge in [-0.1, -0.05) is 44.2 Å². The summed E-state index contributed by atoms with van der Waals surface area (Å²) in [6, 6.07) is 0. The lowest BCUT2D eigenvalue weighted by Gasteiger charge is -2.23. The lowest BCUT2D eigenvalue weighted by Crippen LogP contribution is -2.39. The summed E-state index contributed by atoms with van der Waals surface area (Å²) in [6.45, 7) is 4.45. The minimum Gasteiger partial charge on any atom is -0.392 e. The first-order valence-corrected chi connectivity index (χ1v) is 6.63. The number of amides is 1. The van der Waals surface area contributed by atoms with Gasteiger partial charge in [-0.25, -0.2) is 0 Å². The van der Waals surface area contributed by atoms with Crippen LogP contribution in [0, 0.1) is 5.92 Å². The Morgan fingerprint density at radius 3 is 2.87 bits per heavy atom. The molecule has 0 bridgehead atoms. The Morgan fingerprint density at radius 1 is 1.73 bits per heavy atom. The van der Waals surface area contributed by atoms with Crippen LogP contribution in [0.3, 0.4) is 0 Å². The highest BCUT2D eigenvalue weighted by Crippen LogP contribution is 2.22. The van der Waals surface area contributed by atoms with E-state index in [0.717, 1.165) is 12.2 Å². The summed E-state index contributed by atoms with van der Waals surface area (Å²) in [5.74, 6) is 0.494. The zero-order chi connectivity index (χ0) is 11.4. The number of carbonyl (C=O) groups excluding carboxylic acids is 1. The summed E-state index contributed by atoms with van der Waals surface area (Å²) in [4.78, 5) is 13.6. The van der Waals surface area contributed by atoms with Gasteiger partial charge in [-0.2, -0.15) is 0 Å². The van der Waals surface area contributed by atoms with Crippen molar-refractivity contribution in [3.63, 3.8) is 0 Å².